The van der Waals surface area contributed by atoms with Crippen LogP contribution in [0.15, 0.2) is 63.9 Å². The van der Waals surface area contributed by atoms with Crippen molar-refractivity contribution in [2.75, 3.05) is 19.6 Å². The summed E-state index contributed by atoms with van der Waals surface area (Å²) in [6.07, 6.45) is 7.76. The van der Waals surface area contributed by atoms with Crippen LogP contribution in [-0.4, -0.2) is 62.1 Å². The minimum Gasteiger partial charge on any atom is -0.383 e. The Balaban J connectivity index is 1.07. The van der Waals surface area contributed by atoms with Gasteiger partial charge >= 0.3 is 0 Å². The Labute approximate surface area is 240 Å². The Morgan fingerprint density at radius 2 is 1.66 bits per heavy atom. The number of hydrogen-bond acceptors (Lipinski definition) is 5. The first-order valence-electron chi connectivity index (χ1n) is 15.2. The van der Waals surface area contributed by atoms with Gasteiger partial charge in [0.15, 0.2) is 0 Å². The van der Waals surface area contributed by atoms with E-state index in [9.17, 15) is 9.59 Å². The standard InChI is InChI=1S/C33H39N5O3/c1-22-30(31(39)35-41-22)32(40)36-17-14-33(15-18-36,24-8-4-3-5-9-24)16-19-37-25-12-13-26(37)21-27(20-25)38-23(2)34-28-10-6-7-11-29(28)38/h3-11,25-27H,12-21H2,1-2H3,(H,35,39)/t25-,26+,27+. The van der Waals surface area contributed by atoms with Gasteiger partial charge in [0.2, 0.25) is 0 Å². The van der Waals surface area contributed by atoms with Crippen LogP contribution in [0.3, 0.4) is 0 Å². The highest BCUT2D eigenvalue weighted by Gasteiger charge is 2.44. The third kappa shape index (κ3) is 4.53. The lowest BCUT2D eigenvalue weighted by atomic mass is 9.70. The lowest BCUT2D eigenvalue weighted by molar-refractivity contribution is 0.0604. The number of aromatic nitrogens is 3. The number of hydrogen-bond donors (Lipinski definition) is 1. The summed E-state index contributed by atoms with van der Waals surface area (Å²) < 4.78 is 7.62. The van der Waals surface area contributed by atoms with E-state index >= 15 is 0 Å². The Morgan fingerprint density at radius 3 is 2.34 bits per heavy atom. The average molecular weight is 554 g/mol. The van der Waals surface area contributed by atoms with Gasteiger partial charge in [0.1, 0.15) is 17.1 Å². The van der Waals surface area contributed by atoms with Crippen LogP contribution in [0.2, 0.25) is 0 Å². The summed E-state index contributed by atoms with van der Waals surface area (Å²) in [7, 11) is 0. The van der Waals surface area contributed by atoms with Gasteiger partial charge in [0.25, 0.3) is 11.5 Å². The number of benzene rings is 2. The summed E-state index contributed by atoms with van der Waals surface area (Å²) in [6.45, 7) is 6.17. The smallest absolute Gasteiger partial charge is 0.293 e. The molecule has 5 heterocycles. The van der Waals surface area contributed by atoms with Crippen molar-refractivity contribution in [2.45, 2.75) is 82.3 Å². The molecule has 2 aromatic heterocycles. The van der Waals surface area contributed by atoms with Crippen LogP contribution >= 0.6 is 0 Å². The number of likely N-dealkylation sites (tertiary alicyclic amines) is 1. The van der Waals surface area contributed by atoms with Gasteiger partial charge in [-0.3, -0.25) is 14.5 Å². The number of aryl methyl sites for hydroxylation is 2. The zero-order chi connectivity index (χ0) is 28.1. The number of nitrogens with one attached hydrogen (secondary N) is 1. The predicted molar refractivity (Wildman–Crippen MR) is 158 cm³/mol. The summed E-state index contributed by atoms with van der Waals surface area (Å²) in [4.78, 5) is 34.9. The van der Waals surface area contributed by atoms with E-state index in [1.54, 1.807) is 6.92 Å². The molecule has 1 amide bonds. The van der Waals surface area contributed by atoms with E-state index < -0.39 is 5.56 Å². The largest absolute Gasteiger partial charge is 0.383 e. The molecule has 2 aromatic carbocycles. The van der Waals surface area contributed by atoms with Gasteiger partial charge in [0.05, 0.1) is 11.0 Å². The molecular formula is C33H39N5O3. The molecule has 3 aliphatic rings. The minimum atomic E-state index is -0.440. The first-order valence-corrected chi connectivity index (χ1v) is 15.2. The van der Waals surface area contributed by atoms with Crippen molar-refractivity contribution in [3.8, 4) is 0 Å². The predicted octanol–water partition coefficient (Wildman–Crippen LogP) is 5.37. The SMILES string of the molecule is Cc1o[nH]c(=O)c1C(=O)N1CCC(CCN2[C@@H]3CC[C@H]2C[C@@H](n2c(C)nc4ccccc42)C3)(c2ccccc2)CC1. The molecule has 41 heavy (non-hydrogen) atoms. The van der Waals surface area contributed by atoms with Crippen LogP contribution in [0.4, 0.5) is 0 Å². The van der Waals surface area contributed by atoms with Gasteiger partial charge in [0, 0.05) is 31.2 Å². The molecule has 7 rings (SSSR count). The number of nitrogens with zero attached hydrogens (tertiary/aromatic N) is 4. The topological polar surface area (TPSA) is 87.4 Å². The van der Waals surface area contributed by atoms with Crippen molar-refractivity contribution in [1.82, 2.24) is 24.5 Å². The van der Waals surface area contributed by atoms with Crippen LogP contribution < -0.4 is 5.56 Å². The van der Waals surface area contributed by atoms with Crippen molar-refractivity contribution in [3.05, 3.63) is 87.7 Å². The molecule has 0 spiro atoms. The molecule has 3 saturated heterocycles. The van der Waals surface area contributed by atoms with E-state index in [1.165, 1.54) is 36.8 Å². The fraction of sp³-hybridized carbons (Fsp3) is 0.485. The highest BCUT2D eigenvalue weighted by Crippen LogP contribution is 2.45. The van der Waals surface area contributed by atoms with Crippen molar-refractivity contribution in [2.24, 2.45) is 0 Å². The normalized spacial score (nSPS) is 24.2. The van der Waals surface area contributed by atoms with Gasteiger partial charge in [-0.05, 0) is 88.4 Å². The van der Waals surface area contributed by atoms with Gasteiger partial charge < -0.3 is 14.0 Å². The second kappa shape index (κ2) is 10.3. The van der Waals surface area contributed by atoms with Gasteiger partial charge in [-0.1, -0.05) is 42.5 Å². The molecular weight excluding hydrogens is 514 g/mol. The number of fused-ring (bicyclic) bond motifs is 3. The third-order valence-electron chi connectivity index (χ3n) is 10.3. The molecule has 4 aromatic rings. The highest BCUT2D eigenvalue weighted by molar-refractivity contribution is 5.94. The van der Waals surface area contributed by atoms with Crippen LogP contribution in [0, 0.1) is 13.8 Å². The Morgan fingerprint density at radius 1 is 0.976 bits per heavy atom. The third-order valence-corrected chi connectivity index (χ3v) is 10.3. The van der Waals surface area contributed by atoms with E-state index in [0.29, 0.717) is 37.0 Å². The summed E-state index contributed by atoms with van der Waals surface area (Å²) in [5.74, 6) is 1.26. The lowest BCUT2D eigenvalue weighted by Gasteiger charge is -2.45. The van der Waals surface area contributed by atoms with Crippen LogP contribution in [0.25, 0.3) is 11.0 Å². The maximum Gasteiger partial charge on any atom is 0.293 e. The molecule has 0 unspecified atom stereocenters. The molecule has 8 nitrogen and oxygen atoms in total. The number of aromatic amines is 1. The molecule has 0 aliphatic carbocycles. The second-order valence-electron chi connectivity index (χ2n) is 12.4. The molecule has 0 saturated carbocycles. The summed E-state index contributed by atoms with van der Waals surface area (Å²) in [5.41, 5.74) is 3.44. The molecule has 2 bridgehead atoms. The Bertz CT molecular complexity index is 1600. The summed E-state index contributed by atoms with van der Waals surface area (Å²) >= 11 is 0. The van der Waals surface area contributed by atoms with Gasteiger partial charge in [-0.25, -0.2) is 4.98 Å². The fourth-order valence-corrected chi connectivity index (χ4v) is 8.19. The number of piperidine rings is 2. The fourth-order valence-electron chi connectivity index (χ4n) is 8.19. The molecule has 0 radical (unpaired) electrons. The van der Waals surface area contributed by atoms with Crippen molar-refractivity contribution in [1.29, 1.82) is 0 Å². The first-order chi connectivity index (χ1) is 19.9. The molecule has 3 fully saturated rings. The zero-order valence-corrected chi connectivity index (χ0v) is 24.0. The van der Waals surface area contributed by atoms with E-state index in [4.69, 9.17) is 9.51 Å². The maximum absolute atomic E-state index is 13.2. The Kier molecular flexibility index (Phi) is 6.61. The van der Waals surface area contributed by atoms with Gasteiger partial charge in [-0.2, -0.15) is 5.16 Å². The highest BCUT2D eigenvalue weighted by atomic mass is 16.5. The first kappa shape index (κ1) is 26.3. The number of amides is 1. The molecule has 214 valence electrons. The molecule has 3 aliphatic heterocycles. The zero-order valence-electron chi connectivity index (χ0n) is 24.0. The molecule has 8 heteroatoms. The summed E-state index contributed by atoms with van der Waals surface area (Å²) in [5, 5.41) is 2.30. The van der Waals surface area contributed by atoms with Crippen LogP contribution in [-0.2, 0) is 5.41 Å². The average Bonchev–Trinajstić information content (AvgIpc) is 3.59. The monoisotopic (exact) mass is 553 g/mol. The molecule has 3 atom stereocenters. The van der Waals surface area contributed by atoms with Crippen molar-refractivity contribution < 1.29 is 9.32 Å². The lowest BCUT2D eigenvalue weighted by Crippen LogP contribution is -2.49. The quantitative estimate of drug-likeness (QED) is 0.347. The number of H-pyrrole nitrogens is 1. The maximum atomic E-state index is 13.2. The van der Waals surface area contributed by atoms with Crippen molar-refractivity contribution in [3.63, 3.8) is 0 Å². The molecule has 1 N–H and O–H groups in total. The van der Waals surface area contributed by atoms with E-state index in [0.717, 1.165) is 37.1 Å². The van der Waals surface area contributed by atoms with Crippen LogP contribution in [0.1, 0.15) is 78.5 Å². The van der Waals surface area contributed by atoms with E-state index in [2.05, 4.69) is 76.1 Å². The number of rotatable bonds is 6. The number of carbonyl (C=O) groups is 1. The number of carbonyl (C=O) groups excluding carboxylic acids is 1. The minimum absolute atomic E-state index is 0.0172. The van der Waals surface area contributed by atoms with Crippen LogP contribution in [0.5, 0.6) is 0 Å². The number of para-hydroxylation sites is 2. The Hall–Kier alpha value is -3.65. The van der Waals surface area contributed by atoms with E-state index in [-0.39, 0.29) is 16.9 Å². The number of imidazole rings is 1. The van der Waals surface area contributed by atoms with Gasteiger partial charge in [-0.15, -0.1) is 0 Å². The van der Waals surface area contributed by atoms with E-state index in [1.807, 2.05) is 4.90 Å². The van der Waals surface area contributed by atoms with Crippen molar-refractivity contribution >= 4 is 16.9 Å². The summed E-state index contributed by atoms with van der Waals surface area (Å²) in [6, 6.07) is 21.1. The second-order valence-corrected chi connectivity index (χ2v) is 12.4.